The van der Waals surface area contributed by atoms with Gasteiger partial charge in [-0.15, -0.1) is 0 Å². The van der Waals surface area contributed by atoms with Crippen LogP contribution >= 0.6 is 0 Å². The Morgan fingerprint density at radius 3 is 2.37 bits per heavy atom. The van der Waals surface area contributed by atoms with Crippen LogP contribution in [0.25, 0.3) is 0 Å². The molecule has 1 heterocycles. The highest BCUT2D eigenvalue weighted by atomic mass is 16.6. The Bertz CT molecular complexity index is 442. The topological polar surface area (TPSA) is 56.2 Å². The minimum atomic E-state index is -0.539. The zero-order valence-electron chi connectivity index (χ0n) is 12.9. The second kappa shape index (κ2) is 5.23. The quantitative estimate of drug-likeness (QED) is 0.914. The minimum Gasteiger partial charge on any atom is -0.444 e. The molecule has 0 aliphatic rings. The Labute approximate surface area is 115 Å². The molecule has 108 valence electrons. The van der Waals surface area contributed by atoms with E-state index >= 15 is 0 Å². The molecule has 5 nitrogen and oxygen atoms in total. The fourth-order valence-electron chi connectivity index (χ4n) is 1.82. The Hall–Kier alpha value is -1.52. The lowest BCUT2D eigenvalue weighted by Crippen LogP contribution is -2.45. The molecular weight excluding hydrogens is 242 g/mol. The number of carbonyl (C=O) groups is 1. The highest BCUT2D eigenvalue weighted by Crippen LogP contribution is 2.23. The number of amides is 1. The summed E-state index contributed by atoms with van der Waals surface area (Å²) < 4.78 is 7.33. The molecule has 0 aromatic carbocycles. The second-order valence-corrected chi connectivity index (χ2v) is 6.53. The predicted molar refractivity (Wildman–Crippen MR) is 75.0 cm³/mol. The van der Waals surface area contributed by atoms with Gasteiger partial charge in [-0.2, -0.15) is 0 Å². The Morgan fingerprint density at radius 1 is 1.32 bits per heavy atom. The van der Waals surface area contributed by atoms with Gasteiger partial charge in [0.05, 0.1) is 23.8 Å². The monoisotopic (exact) mass is 267 g/mol. The number of ether oxygens (including phenoxy) is 1. The van der Waals surface area contributed by atoms with Gasteiger partial charge in [0, 0.05) is 6.04 Å². The lowest BCUT2D eigenvalue weighted by atomic mass is 10.0. The largest absolute Gasteiger partial charge is 0.444 e. The molecule has 0 saturated carbocycles. The third kappa shape index (κ3) is 4.26. The number of aromatic nitrogens is 2. The van der Waals surface area contributed by atoms with Crippen LogP contribution in [0.2, 0.25) is 0 Å². The normalized spacial score (nSPS) is 12.6. The van der Waals surface area contributed by atoms with Crippen LogP contribution < -0.4 is 5.32 Å². The maximum absolute atomic E-state index is 11.9. The van der Waals surface area contributed by atoms with E-state index in [9.17, 15) is 4.79 Å². The first-order valence-electron chi connectivity index (χ1n) is 6.56. The highest BCUT2D eigenvalue weighted by Gasteiger charge is 2.29. The number of nitrogens with zero attached hydrogens (tertiary/aromatic N) is 2. The lowest BCUT2D eigenvalue weighted by Gasteiger charge is -2.30. The third-order valence-corrected chi connectivity index (χ3v) is 2.68. The van der Waals surface area contributed by atoms with E-state index in [-0.39, 0.29) is 6.04 Å². The first kappa shape index (κ1) is 15.5. The van der Waals surface area contributed by atoms with Crippen molar-refractivity contribution in [2.24, 2.45) is 0 Å². The maximum atomic E-state index is 11.9. The number of alkyl carbamates (subject to hydrolysis) is 1. The van der Waals surface area contributed by atoms with Gasteiger partial charge in [-0.3, -0.25) is 0 Å². The molecule has 0 bridgehead atoms. The highest BCUT2D eigenvalue weighted by molar-refractivity contribution is 5.68. The molecule has 0 unspecified atom stereocenters. The SMILES string of the molecule is CC(C)n1cncc1C(C)(C)NC(=O)OC(C)(C)C. The molecule has 19 heavy (non-hydrogen) atoms. The second-order valence-electron chi connectivity index (χ2n) is 6.53. The van der Waals surface area contributed by atoms with Crippen LogP contribution in [-0.2, 0) is 10.3 Å². The Morgan fingerprint density at radius 2 is 1.89 bits per heavy atom. The molecule has 0 radical (unpaired) electrons. The number of hydrogen-bond donors (Lipinski definition) is 1. The summed E-state index contributed by atoms with van der Waals surface area (Å²) in [5.74, 6) is 0. The molecule has 0 aliphatic heterocycles. The van der Waals surface area contributed by atoms with Gasteiger partial charge in [-0.05, 0) is 48.5 Å². The van der Waals surface area contributed by atoms with Crippen molar-refractivity contribution in [3.63, 3.8) is 0 Å². The third-order valence-electron chi connectivity index (χ3n) is 2.68. The van der Waals surface area contributed by atoms with Crippen molar-refractivity contribution in [3.8, 4) is 0 Å². The number of imidazole rings is 1. The van der Waals surface area contributed by atoms with Crippen LogP contribution in [0, 0.1) is 0 Å². The van der Waals surface area contributed by atoms with Gasteiger partial charge >= 0.3 is 6.09 Å². The molecule has 0 aliphatic carbocycles. The van der Waals surface area contributed by atoms with Crippen LogP contribution in [0.3, 0.4) is 0 Å². The van der Waals surface area contributed by atoms with E-state index in [4.69, 9.17) is 4.74 Å². The van der Waals surface area contributed by atoms with Crippen LogP contribution in [0.4, 0.5) is 4.79 Å². The van der Waals surface area contributed by atoms with Gasteiger partial charge in [0.25, 0.3) is 0 Å². The van der Waals surface area contributed by atoms with Gasteiger partial charge in [-0.1, -0.05) is 0 Å². The maximum Gasteiger partial charge on any atom is 0.408 e. The van der Waals surface area contributed by atoms with E-state index in [2.05, 4.69) is 24.1 Å². The fraction of sp³-hybridized carbons (Fsp3) is 0.714. The van der Waals surface area contributed by atoms with Gasteiger partial charge in [0.15, 0.2) is 0 Å². The average Bonchev–Trinajstić information content (AvgIpc) is 2.60. The van der Waals surface area contributed by atoms with E-state index in [1.54, 1.807) is 12.5 Å². The fourth-order valence-corrected chi connectivity index (χ4v) is 1.82. The summed E-state index contributed by atoms with van der Waals surface area (Å²) in [5, 5.41) is 2.89. The van der Waals surface area contributed by atoms with Crippen molar-refractivity contribution < 1.29 is 9.53 Å². The summed E-state index contributed by atoms with van der Waals surface area (Å²) >= 11 is 0. The van der Waals surface area contributed by atoms with Gasteiger partial charge in [0.2, 0.25) is 0 Å². The van der Waals surface area contributed by atoms with Crippen molar-refractivity contribution in [2.45, 2.75) is 65.6 Å². The number of rotatable bonds is 3. The van der Waals surface area contributed by atoms with E-state index in [1.165, 1.54) is 0 Å². The van der Waals surface area contributed by atoms with Crippen molar-refractivity contribution in [1.82, 2.24) is 14.9 Å². The summed E-state index contributed by atoms with van der Waals surface area (Å²) in [6, 6.07) is 0.289. The summed E-state index contributed by atoms with van der Waals surface area (Å²) in [6.45, 7) is 13.6. The van der Waals surface area contributed by atoms with Crippen LogP contribution in [0.5, 0.6) is 0 Å². The molecule has 0 saturated heterocycles. The van der Waals surface area contributed by atoms with E-state index in [0.29, 0.717) is 0 Å². The van der Waals surface area contributed by atoms with Crippen molar-refractivity contribution in [2.75, 3.05) is 0 Å². The summed E-state index contributed by atoms with van der Waals surface area (Å²) in [6.07, 6.45) is 3.13. The molecule has 0 fully saturated rings. The minimum absolute atomic E-state index is 0.289. The van der Waals surface area contributed by atoms with Gasteiger partial charge in [0.1, 0.15) is 5.60 Å². The molecule has 1 amide bonds. The molecule has 5 heteroatoms. The van der Waals surface area contributed by atoms with E-state index < -0.39 is 17.2 Å². The Kier molecular flexibility index (Phi) is 4.28. The molecule has 0 spiro atoms. The zero-order valence-corrected chi connectivity index (χ0v) is 12.9. The van der Waals surface area contributed by atoms with Crippen LogP contribution in [0.1, 0.15) is 60.2 Å². The zero-order chi connectivity index (χ0) is 14.8. The lowest BCUT2D eigenvalue weighted by molar-refractivity contribution is 0.0466. The molecular formula is C14H25N3O2. The average molecular weight is 267 g/mol. The number of hydrogen-bond acceptors (Lipinski definition) is 3. The Balaban J connectivity index is 2.86. The van der Waals surface area contributed by atoms with E-state index in [1.807, 2.05) is 39.2 Å². The van der Waals surface area contributed by atoms with Gasteiger partial charge < -0.3 is 14.6 Å². The number of nitrogens with one attached hydrogen (secondary N) is 1. The van der Waals surface area contributed by atoms with Gasteiger partial charge in [-0.25, -0.2) is 9.78 Å². The predicted octanol–water partition coefficient (Wildman–Crippen LogP) is 3.22. The van der Waals surface area contributed by atoms with Crippen LogP contribution in [0.15, 0.2) is 12.5 Å². The standard InChI is InChI=1S/C14H25N3O2/c1-10(2)17-9-15-8-11(17)14(6,7)16-12(18)19-13(3,4)5/h8-10H,1-7H3,(H,16,18). The van der Waals surface area contributed by atoms with Crippen LogP contribution in [-0.4, -0.2) is 21.2 Å². The first-order valence-corrected chi connectivity index (χ1v) is 6.56. The molecule has 1 rings (SSSR count). The van der Waals surface area contributed by atoms with Crippen molar-refractivity contribution in [1.29, 1.82) is 0 Å². The summed E-state index contributed by atoms with van der Waals surface area (Å²) in [5.41, 5.74) is -0.0879. The van der Waals surface area contributed by atoms with E-state index in [0.717, 1.165) is 5.69 Å². The summed E-state index contributed by atoms with van der Waals surface area (Å²) in [7, 11) is 0. The molecule has 1 aromatic rings. The summed E-state index contributed by atoms with van der Waals surface area (Å²) in [4.78, 5) is 16.1. The van der Waals surface area contributed by atoms with Crippen molar-refractivity contribution in [3.05, 3.63) is 18.2 Å². The first-order chi connectivity index (χ1) is 8.53. The number of carbonyl (C=O) groups excluding carboxylic acids is 1. The molecule has 0 atom stereocenters. The molecule has 1 N–H and O–H groups in total. The smallest absolute Gasteiger partial charge is 0.408 e. The van der Waals surface area contributed by atoms with Crippen molar-refractivity contribution >= 4 is 6.09 Å². The molecule has 1 aromatic heterocycles.